The van der Waals surface area contributed by atoms with E-state index < -0.39 is 0 Å². The highest BCUT2D eigenvalue weighted by atomic mass is 16.5. The molecule has 164 valence electrons. The maximum Gasteiger partial charge on any atom is 0.170 e. The fourth-order valence-electron chi connectivity index (χ4n) is 5.57. The smallest absolute Gasteiger partial charge is 0.170 e. The lowest BCUT2D eigenvalue weighted by Gasteiger charge is -2.20. The molecule has 0 bridgehead atoms. The molecular weight excluding hydrogens is 384 g/mol. The van der Waals surface area contributed by atoms with Crippen molar-refractivity contribution in [3.05, 3.63) is 76.0 Å². The molecule has 0 aliphatic heterocycles. The molecule has 2 aliphatic rings. The summed E-state index contributed by atoms with van der Waals surface area (Å²) in [5.74, 6) is 1.82. The van der Waals surface area contributed by atoms with Crippen LogP contribution >= 0.6 is 0 Å². The number of rotatable bonds is 8. The Morgan fingerprint density at radius 3 is 2.23 bits per heavy atom. The Morgan fingerprint density at radius 2 is 1.61 bits per heavy atom. The number of allylic oxidation sites excluding steroid dienone is 2. The Kier molecular flexibility index (Phi) is 6.62. The van der Waals surface area contributed by atoms with Gasteiger partial charge in [-0.25, -0.2) is 0 Å². The first-order valence-electron chi connectivity index (χ1n) is 11.6. The molecule has 0 amide bonds. The van der Waals surface area contributed by atoms with Crippen LogP contribution in [-0.2, 0) is 33.7 Å². The number of hydrogen-bond acceptors (Lipinski definition) is 3. The summed E-state index contributed by atoms with van der Waals surface area (Å²) in [6.45, 7) is 7.71. The summed E-state index contributed by atoms with van der Waals surface area (Å²) in [6, 6.07) is 14.7. The van der Waals surface area contributed by atoms with Crippen LogP contribution in [0.5, 0.6) is 0 Å². The van der Waals surface area contributed by atoms with Crippen LogP contribution < -0.4 is 0 Å². The van der Waals surface area contributed by atoms with Crippen molar-refractivity contribution >= 4 is 11.4 Å². The number of carbonyl (C=O) groups excluding carboxylic acids is 1. The van der Waals surface area contributed by atoms with E-state index in [1.165, 1.54) is 16.7 Å². The van der Waals surface area contributed by atoms with Gasteiger partial charge in [-0.05, 0) is 60.8 Å². The van der Waals surface area contributed by atoms with Crippen LogP contribution in [0.4, 0.5) is 0 Å². The number of benzene rings is 2. The van der Waals surface area contributed by atoms with Crippen LogP contribution in [0.1, 0.15) is 54.5 Å². The fraction of sp³-hybridized carbons (Fsp3) is 0.464. The summed E-state index contributed by atoms with van der Waals surface area (Å²) in [6.07, 6.45) is 3.68. The largest absolute Gasteiger partial charge is 0.492 e. The average molecular weight is 419 g/mol. The first-order valence-corrected chi connectivity index (χ1v) is 11.6. The van der Waals surface area contributed by atoms with Crippen molar-refractivity contribution < 1.29 is 14.3 Å². The van der Waals surface area contributed by atoms with Crippen molar-refractivity contribution in [1.29, 1.82) is 0 Å². The van der Waals surface area contributed by atoms with Gasteiger partial charge in [0.05, 0.1) is 5.57 Å². The molecule has 0 saturated heterocycles. The van der Waals surface area contributed by atoms with Crippen molar-refractivity contribution in [2.24, 2.45) is 17.8 Å². The second kappa shape index (κ2) is 9.40. The first kappa shape index (κ1) is 21.8. The molecular formula is C28H34O3. The van der Waals surface area contributed by atoms with Gasteiger partial charge in [0, 0.05) is 25.6 Å². The summed E-state index contributed by atoms with van der Waals surface area (Å²) in [5.41, 5.74) is 6.91. The number of Topliss-reactive ketones (excluding diaryl/α,β-unsaturated/α-hetero) is 1. The molecule has 2 aromatic rings. The molecule has 0 spiro atoms. The Balaban J connectivity index is 1.80. The molecule has 3 unspecified atom stereocenters. The number of methoxy groups -OCH3 is 1. The summed E-state index contributed by atoms with van der Waals surface area (Å²) in [5, 5.41) is 0. The maximum absolute atomic E-state index is 13.8. The van der Waals surface area contributed by atoms with Gasteiger partial charge >= 0.3 is 0 Å². The molecule has 1 saturated carbocycles. The molecule has 2 aliphatic carbocycles. The summed E-state index contributed by atoms with van der Waals surface area (Å²) >= 11 is 0. The highest BCUT2D eigenvalue weighted by Gasteiger charge is 2.50. The predicted octanol–water partition coefficient (Wildman–Crippen LogP) is 5.92. The lowest BCUT2D eigenvalue weighted by Crippen LogP contribution is -2.14. The van der Waals surface area contributed by atoms with E-state index in [9.17, 15) is 4.79 Å². The van der Waals surface area contributed by atoms with Crippen LogP contribution in [0, 0.1) is 24.7 Å². The molecule has 0 aromatic heterocycles. The van der Waals surface area contributed by atoms with E-state index in [1.54, 1.807) is 7.11 Å². The average Bonchev–Trinajstić information content (AvgIpc) is 3.30. The molecule has 31 heavy (non-hydrogen) atoms. The molecule has 0 N–H and O–H groups in total. The fourth-order valence-corrected chi connectivity index (χ4v) is 5.57. The van der Waals surface area contributed by atoms with Gasteiger partial charge in [-0.15, -0.1) is 0 Å². The van der Waals surface area contributed by atoms with E-state index in [-0.39, 0.29) is 17.6 Å². The van der Waals surface area contributed by atoms with E-state index in [0.29, 0.717) is 19.1 Å². The van der Waals surface area contributed by atoms with Gasteiger partial charge in [0.25, 0.3) is 0 Å². The monoisotopic (exact) mass is 418 g/mol. The minimum Gasteiger partial charge on any atom is -0.492 e. The van der Waals surface area contributed by atoms with E-state index >= 15 is 0 Å². The molecule has 1 fully saturated rings. The zero-order chi connectivity index (χ0) is 22.0. The van der Waals surface area contributed by atoms with E-state index in [1.807, 2.05) is 18.2 Å². The lowest BCUT2D eigenvalue weighted by molar-refractivity contribution is -0.117. The molecule has 2 aromatic carbocycles. The molecule has 0 heterocycles. The lowest BCUT2D eigenvalue weighted by atomic mass is 9.87. The van der Waals surface area contributed by atoms with Gasteiger partial charge in [-0.2, -0.15) is 0 Å². The second-order valence-corrected chi connectivity index (χ2v) is 9.05. The Labute approximate surface area is 186 Å². The van der Waals surface area contributed by atoms with Crippen LogP contribution in [0.3, 0.4) is 0 Å². The van der Waals surface area contributed by atoms with E-state index in [2.05, 4.69) is 45.0 Å². The summed E-state index contributed by atoms with van der Waals surface area (Å²) in [7, 11) is 1.75. The molecule has 4 rings (SSSR count). The van der Waals surface area contributed by atoms with Crippen molar-refractivity contribution in [3.63, 3.8) is 0 Å². The van der Waals surface area contributed by atoms with Crippen molar-refractivity contribution in [1.82, 2.24) is 0 Å². The second-order valence-electron chi connectivity index (χ2n) is 9.05. The number of carbonyl (C=O) groups is 1. The van der Waals surface area contributed by atoms with E-state index in [4.69, 9.17) is 9.47 Å². The van der Waals surface area contributed by atoms with E-state index in [0.717, 1.165) is 48.1 Å². The van der Waals surface area contributed by atoms with Gasteiger partial charge in [-0.1, -0.05) is 61.9 Å². The maximum atomic E-state index is 13.8. The Morgan fingerprint density at radius 1 is 0.968 bits per heavy atom. The topological polar surface area (TPSA) is 35.5 Å². The van der Waals surface area contributed by atoms with Crippen molar-refractivity contribution in [2.75, 3.05) is 13.7 Å². The zero-order valence-corrected chi connectivity index (χ0v) is 19.2. The normalized spacial score (nSPS) is 22.8. The van der Waals surface area contributed by atoms with Crippen LogP contribution in [0.2, 0.25) is 0 Å². The highest BCUT2D eigenvalue weighted by Crippen LogP contribution is 2.52. The third-order valence-electron chi connectivity index (χ3n) is 6.92. The summed E-state index contributed by atoms with van der Waals surface area (Å²) < 4.78 is 11.9. The SMILES string of the molecule is CCc1cc(C)cc(CC)c1C1=C(OCc2ccccc2)C2CC(COC)CC2C1=O. The Bertz CT molecular complexity index is 948. The minimum absolute atomic E-state index is 0.0247. The number of ether oxygens (including phenoxy) is 2. The quantitative estimate of drug-likeness (QED) is 0.534. The third kappa shape index (κ3) is 4.21. The zero-order valence-electron chi connectivity index (χ0n) is 19.2. The molecule has 3 heteroatoms. The van der Waals surface area contributed by atoms with Crippen LogP contribution in [0.15, 0.2) is 48.2 Å². The molecule has 3 atom stereocenters. The number of aryl methyl sites for hydroxylation is 3. The van der Waals surface area contributed by atoms with Crippen molar-refractivity contribution in [2.45, 2.75) is 53.1 Å². The number of fused-ring (bicyclic) bond motifs is 1. The number of ketones is 1. The standard InChI is InChI=1S/C28H34O3/c1-5-21-12-18(3)13-22(6-2)25(21)26-27(29)23-14-20(16-30-4)15-24(23)28(26)31-17-19-10-8-7-9-11-19/h7-13,20,23-24H,5-6,14-17H2,1-4H3. The van der Waals surface area contributed by atoms with Gasteiger partial charge in [-0.3, -0.25) is 4.79 Å². The van der Waals surface area contributed by atoms with Gasteiger partial charge in [0.1, 0.15) is 12.4 Å². The van der Waals surface area contributed by atoms with Crippen molar-refractivity contribution in [3.8, 4) is 0 Å². The first-order chi connectivity index (χ1) is 15.1. The predicted molar refractivity (Wildman–Crippen MR) is 125 cm³/mol. The van der Waals surface area contributed by atoms with Gasteiger partial charge in [0.15, 0.2) is 5.78 Å². The third-order valence-corrected chi connectivity index (χ3v) is 6.92. The van der Waals surface area contributed by atoms with Gasteiger partial charge < -0.3 is 9.47 Å². The van der Waals surface area contributed by atoms with Crippen LogP contribution in [0.25, 0.3) is 5.57 Å². The minimum atomic E-state index is 0.0247. The van der Waals surface area contributed by atoms with Crippen LogP contribution in [-0.4, -0.2) is 19.5 Å². The Hall–Kier alpha value is -2.39. The van der Waals surface area contributed by atoms with Gasteiger partial charge in [0.2, 0.25) is 0 Å². The molecule has 0 radical (unpaired) electrons. The number of hydrogen-bond donors (Lipinski definition) is 0. The molecule has 3 nitrogen and oxygen atoms in total. The highest BCUT2D eigenvalue weighted by molar-refractivity contribution is 6.25. The summed E-state index contributed by atoms with van der Waals surface area (Å²) in [4.78, 5) is 13.8.